The highest BCUT2D eigenvalue weighted by Crippen LogP contribution is 2.20. The summed E-state index contributed by atoms with van der Waals surface area (Å²) < 4.78 is 6.59. The first-order chi connectivity index (χ1) is 15.0. The first kappa shape index (κ1) is 20.6. The van der Waals surface area contributed by atoms with E-state index in [1.54, 1.807) is 24.1 Å². The monoisotopic (exact) mass is 417 g/mol. The van der Waals surface area contributed by atoms with Crippen LogP contribution in [0.2, 0.25) is 0 Å². The Hall–Kier alpha value is -3.71. The highest BCUT2D eigenvalue weighted by Gasteiger charge is 2.21. The van der Waals surface area contributed by atoms with E-state index in [1.165, 1.54) is 16.8 Å². The molecule has 1 aliphatic rings. The molecular formula is C24H23N3O4. The molecule has 2 amide bonds. The van der Waals surface area contributed by atoms with Gasteiger partial charge in [-0.1, -0.05) is 42.5 Å². The van der Waals surface area contributed by atoms with E-state index in [-0.39, 0.29) is 17.2 Å². The number of nitrogens with one attached hydrogen (secondary N) is 1. The van der Waals surface area contributed by atoms with Gasteiger partial charge in [0.15, 0.2) is 0 Å². The summed E-state index contributed by atoms with van der Waals surface area (Å²) in [6.45, 7) is 1.97. The molecule has 2 aromatic carbocycles. The minimum atomic E-state index is -0.410. The van der Waals surface area contributed by atoms with Gasteiger partial charge in [0, 0.05) is 31.9 Å². The summed E-state index contributed by atoms with van der Waals surface area (Å²) in [5, 5.41) is 2.66. The van der Waals surface area contributed by atoms with Crippen LogP contribution in [0.25, 0.3) is 11.1 Å². The normalized spacial score (nSPS) is 13.6. The fraction of sp³-hybridized carbons (Fsp3) is 0.208. The maximum atomic E-state index is 12.8. The molecule has 3 aromatic rings. The fourth-order valence-electron chi connectivity index (χ4n) is 3.51. The van der Waals surface area contributed by atoms with Crippen molar-refractivity contribution in [3.05, 3.63) is 88.3 Å². The van der Waals surface area contributed by atoms with Gasteiger partial charge in [-0.25, -0.2) is 0 Å². The van der Waals surface area contributed by atoms with Crippen LogP contribution in [0, 0.1) is 0 Å². The van der Waals surface area contributed by atoms with Crippen molar-refractivity contribution in [2.45, 2.75) is 0 Å². The van der Waals surface area contributed by atoms with Gasteiger partial charge in [-0.3, -0.25) is 14.4 Å². The topological polar surface area (TPSA) is 80.6 Å². The van der Waals surface area contributed by atoms with Gasteiger partial charge < -0.3 is 19.5 Å². The lowest BCUT2D eigenvalue weighted by molar-refractivity contribution is 0.0302. The molecule has 31 heavy (non-hydrogen) atoms. The summed E-state index contributed by atoms with van der Waals surface area (Å²) in [6.07, 6.45) is 1.49. The van der Waals surface area contributed by atoms with Crippen LogP contribution in [0.1, 0.15) is 20.7 Å². The summed E-state index contributed by atoms with van der Waals surface area (Å²) in [6, 6.07) is 18.4. The third kappa shape index (κ3) is 4.57. The smallest absolute Gasteiger partial charge is 0.274 e. The molecule has 4 rings (SSSR count). The highest BCUT2D eigenvalue weighted by molar-refractivity contribution is 6.05. The largest absolute Gasteiger partial charge is 0.378 e. The Kier molecular flexibility index (Phi) is 5.95. The van der Waals surface area contributed by atoms with Crippen molar-refractivity contribution in [3.63, 3.8) is 0 Å². The standard InChI is InChI=1S/C24H23N3O4/c1-26-16-20(23(29)27-11-13-31-14-12-27)15-21(24(26)30)25-22(28)19-9-7-18(8-10-19)17-5-3-2-4-6-17/h2-10,15-16H,11-14H2,1H3,(H,25,28). The Labute approximate surface area is 179 Å². The number of aromatic nitrogens is 1. The van der Waals surface area contributed by atoms with Crippen LogP contribution < -0.4 is 10.9 Å². The van der Waals surface area contributed by atoms with E-state index in [0.717, 1.165) is 11.1 Å². The first-order valence-corrected chi connectivity index (χ1v) is 10.1. The van der Waals surface area contributed by atoms with Crippen LogP contribution in [0.3, 0.4) is 0 Å². The lowest BCUT2D eigenvalue weighted by Gasteiger charge is -2.27. The summed E-state index contributed by atoms with van der Waals surface area (Å²) in [7, 11) is 1.56. The van der Waals surface area contributed by atoms with Gasteiger partial charge >= 0.3 is 0 Å². The molecule has 1 aliphatic heterocycles. The molecule has 2 heterocycles. The molecule has 0 bridgehead atoms. The number of nitrogens with zero attached hydrogens (tertiary/aromatic N) is 2. The maximum Gasteiger partial charge on any atom is 0.274 e. The van der Waals surface area contributed by atoms with Crippen molar-refractivity contribution in [2.75, 3.05) is 31.6 Å². The number of amides is 2. The predicted octanol–water partition coefficient (Wildman–Crippen LogP) is 2.78. The number of pyridine rings is 1. The summed E-state index contributed by atoms with van der Waals surface area (Å²) >= 11 is 0. The fourth-order valence-corrected chi connectivity index (χ4v) is 3.51. The number of aryl methyl sites for hydroxylation is 1. The van der Waals surface area contributed by atoms with Crippen LogP contribution in [0.5, 0.6) is 0 Å². The Morgan fingerprint density at radius 2 is 1.55 bits per heavy atom. The number of rotatable bonds is 4. The SMILES string of the molecule is Cn1cc(C(=O)N2CCOCC2)cc(NC(=O)c2ccc(-c3ccccc3)cc2)c1=O. The Balaban J connectivity index is 1.54. The van der Waals surface area contributed by atoms with Crippen molar-refractivity contribution in [3.8, 4) is 11.1 Å². The van der Waals surface area contributed by atoms with Gasteiger partial charge in [0.05, 0.1) is 18.8 Å². The third-order valence-corrected chi connectivity index (χ3v) is 5.23. The molecule has 0 unspecified atom stereocenters. The minimum Gasteiger partial charge on any atom is -0.378 e. The molecule has 1 saturated heterocycles. The molecule has 7 heteroatoms. The minimum absolute atomic E-state index is 0.0683. The molecule has 1 N–H and O–H groups in total. The average molecular weight is 417 g/mol. The summed E-state index contributed by atoms with van der Waals surface area (Å²) in [4.78, 5) is 39.7. The predicted molar refractivity (Wildman–Crippen MR) is 118 cm³/mol. The molecular weight excluding hydrogens is 394 g/mol. The second-order valence-electron chi connectivity index (χ2n) is 7.36. The highest BCUT2D eigenvalue weighted by atomic mass is 16.5. The number of hydrogen-bond donors (Lipinski definition) is 1. The first-order valence-electron chi connectivity index (χ1n) is 10.1. The van der Waals surface area contributed by atoms with Crippen molar-refractivity contribution in [2.24, 2.45) is 7.05 Å². The second kappa shape index (κ2) is 8.97. The number of anilines is 1. The van der Waals surface area contributed by atoms with E-state index in [0.29, 0.717) is 37.4 Å². The van der Waals surface area contributed by atoms with Crippen LogP contribution >= 0.6 is 0 Å². The van der Waals surface area contributed by atoms with Gasteiger partial charge in [0.25, 0.3) is 17.4 Å². The van der Waals surface area contributed by atoms with Crippen molar-refractivity contribution >= 4 is 17.5 Å². The average Bonchev–Trinajstić information content (AvgIpc) is 2.82. The van der Waals surface area contributed by atoms with E-state index < -0.39 is 5.91 Å². The molecule has 1 fully saturated rings. The molecule has 0 atom stereocenters. The lowest BCUT2D eigenvalue weighted by atomic mass is 10.0. The molecule has 0 spiro atoms. The van der Waals surface area contributed by atoms with Gasteiger partial charge in [0.2, 0.25) is 0 Å². The number of morpholine rings is 1. The van der Waals surface area contributed by atoms with Crippen molar-refractivity contribution < 1.29 is 14.3 Å². The maximum absolute atomic E-state index is 12.8. The van der Waals surface area contributed by atoms with Crippen LogP contribution in [0.4, 0.5) is 5.69 Å². The number of carbonyl (C=O) groups is 2. The summed E-state index contributed by atoms with van der Waals surface area (Å²) in [5.74, 6) is -0.603. The van der Waals surface area contributed by atoms with Gasteiger partial charge in [-0.05, 0) is 29.3 Å². The van der Waals surface area contributed by atoms with Crippen LogP contribution in [0.15, 0.2) is 71.7 Å². The van der Waals surface area contributed by atoms with Crippen molar-refractivity contribution in [1.82, 2.24) is 9.47 Å². The molecule has 0 aliphatic carbocycles. The number of ether oxygens (including phenoxy) is 1. The van der Waals surface area contributed by atoms with E-state index in [2.05, 4.69) is 5.32 Å². The zero-order chi connectivity index (χ0) is 21.8. The molecule has 0 radical (unpaired) electrons. The van der Waals surface area contributed by atoms with Crippen LogP contribution in [-0.4, -0.2) is 47.6 Å². The van der Waals surface area contributed by atoms with Crippen molar-refractivity contribution in [1.29, 1.82) is 0 Å². The zero-order valence-electron chi connectivity index (χ0n) is 17.2. The quantitative estimate of drug-likeness (QED) is 0.708. The zero-order valence-corrected chi connectivity index (χ0v) is 17.2. The van der Waals surface area contributed by atoms with E-state index in [9.17, 15) is 14.4 Å². The van der Waals surface area contributed by atoms with Crippen LogP contribution in [-0.2, 0) is 11.8 Å². The molecule has 1 aromatic heterocycles. The number of carbonyl (C=O) groups excluding carboxylic acids is 2. The Bertz CT molecular complexity index is 1150. The van der Waals surface area contributed by atoms with Gasteiger partial charge in [-0.15, -0.1) is 0 Å². The van der Waals surface area contributed by atoms with E-state index in [4.69, 9.17) is 4.74 Å². The number of hydrogen-bond acceptors (Lipinski definition) is 4. The second-order valence-corrected chi connectivity index (χ2v) is 7.36. The third-order valence-electron chi connectivity index (χ3n) is 5.23. The summed E-state index contributed by atoms with van der Waals surface area (Å²) in [5.41, 5.74) is 2.50. The van der Waals surface area contributed by atoms with Gasteiger partial charge in [0.1, 0.15) is 5.69 Å². The molecule has 158 valence electrons. The Morgan fingerprint density at radius 3 is 2.23 bits per heavy atom. The molecule has 7 nitrogen and oxygen atoms in total. The number of benzene rings is 2. The van der Waals surface area contributed by atoms with Gasteiger partial charge in [-0.2, -0.15) is 0 Å². The Morgan fingerprint density at radius 1 is 0.903 bits per heavy atom. The van der Waals surface area contributed by atoms with E-state index in [1.807, 2.05) is 42.5 Å². The lowest BCUT2D eigenvalue weighted by Crippen LogP contribution is -2.41. The van der Waals surface area contributed by atoms with E-state index >= 15 is 0 Å². The molecule has 0 saturated carbocycles.